The Morgan fingerprint density at radius 3 is 2.57 bits per heavy atom. The molecule has 0 atom stereocenters. The standard InChI is InChI=1S/C4H2BClS/c5-3-1-4(6)7-2-3/h1-2H. The van der Waals surface area contributed by atoms with E-state index < -0.39 is 0 Å². The van der Waals surface area contributed by atoms with Gasteiger partial charge in [0.25, 0.3) is 0 Å². The summed E-state index contributed by atoms with van der Waals surface area (Å²) in [4.78, 5) is 0. The zero-order valence-electron chi connectivity index (χ0n) is 3.52. The van der Waals surface area contributed by atoms with E-state index in [1.165, 1.54) is 11.3 Å². The SMILES string of the molecule is [B]c1csc(Cl)c1. The van der Waals surface area contributed by atoms with E-state index in [4.69, 9.17) is 19.4 Å². The summed E-state index contributed by atoms with van der Waals surface area (Å²) in [5, 5.41) is 1.81. The Labute approximate surface area is 52.5 Å². The average molecular weight is 128 g/mol. The topological polar surface area (TPSA) is 0 Å². The zero-order valence-corrected chi connectivity index (χ0v) is 5.09. The maximum absolute atomic E-state index is 5.50. The molecule has 7 heavy (non-hydrogen) atoms. The molecular weight excluding hydrogens is 126 g/mol. The van der Waals surface area contributed by atoms with Crippen LogP contribution in [0.1, 0.15) is 0 Å². The van der Waals surface area contributed by atoms with Crippen molar-refractivity contribution >= 4 is 36.2 Å². The van der Waals surface area contributed by atoms with Crippen molar-refractivity contribution in [3.63, 3.8) is 0 Å². The first-order valence-electron chi connectivity index (χ1n) is 1.78. The van der Waals surface area contributed by atoms with Gasteiger partial charge in [-0.1, -0.05) is 17.1 Å². The monoisotopic (exact) mass is 128 g/mol. The highest BCUT2D eigenvalue weighted by atomic mass is 35.5. The summed E-state index contributed by atoms with van der Waals surface area (Å²) >= 11 is 6.94. The van der Waals surface area contributed by atoms with Gasteiger partial charge in [0.1, 0.15) is 7.85 Å². The Bertz CT molecular complexity index is 144. The summed E-state index contributed by atoms with van der Waals surface area (Å²) in [5.41, 5.74) is 0.745. The van der Waals surface area contributed by atoms with Crippen molar-refractivity contribution in [2.75, 3.05) is 0 Å². The molecule has 1 aromatic rings. The van der Waals surface area contributed by atoms with Gasteiger partial charge in [0.15, 0.2) is 0 Å². The van der Waals surface area contributed by atoms with Gasteiger partial charge < -0.3 is 0 Å². The highest BCUT2D eigenvalue weighted by molar-refractivity contribution is 7.15. The molecule has 0 aliphatic heterocycles. The molecule has 0 amide bonds. The second-order valence-electron chi connectivity index (χ2n) is 1.18. The van der Waals surface area contributed by atoms with Crippen LogP contribution in [0.3, 0.4) is 0 Å². The van der Waals surface area contributed by atoms with Gasteiger partial charge in [0.05, 0.1) is 4.34 Å². The third-order valence-electron chi connectivity index (χ3n) is 0.588. The Morgan fingerprint density at radius 2 is 2.43 bits per heavy atom. The van der Waals surface area contributed by atoms with Gasteiger partial charge in [0.2, 0.25) is 0 Å². The lowest BCUT2D eigenvalue weighted by atomic mass is 10.0. The van der Waals surface area contributed by atoms with E-state index in [9.17, 15) is 0 Å². The van der Waals surface area contributed by atoms with E-state index in [0.29, 0.717) is 0 Å². The minimum Gasteiger partial charge on any atom is -0.133 e. The molecule has 0 spiro atoms. The average Bonchev–Trinajstić information content (AvgIpc) is 1.87. The molecule has 0 nitrogen and oxygen atoms in total. The maximum atomic E-state index is 5.50. The molecule has 0 unspecified atom stereocenters. The lowest BCUT2D eigenvalue weighted by Crippen LogP contribution is -1.92. The first-order chi connectivity index (χ1) is 3.29. The molecule has 0 saturated carbocycles. The molecule has 0 aromatic carbocycles. The molecule has 1 rings (SSSR count). The van der Waals surface area contributed by atoms with Gasteiger partial charge >= 0.3 is 0 Å². The lowest BCUT2D eigenvalue weighted by molar-refractivity contribution is 2.14. The fourth-order valence-corrected chi connectivity index (χ4v) is 1.10. The van der Waals surface area contributed by atoms with Crippen LogP contribution >= 0.6 is 22.9 Å². The predicted octanol–water partition coefficient (Wildman–Crippen LogP) is 1.20. The fourth-order valence-electron chi connectivity index (χ4n) is 0.323. The van der Waals surface area contributed by atoms with E-state index in [1.54, 1.807) is 6.07 Å². The number of rotatable bonds is 0. The minimum absolute atomic E-state index is 0.745. The summed E-state index contributed by atoms with van der Waals surface area (Å²) in [6.07, 6.45) is 0. The Kier molecular flexibility index (Phi) is 1.40. The van der Waals surface area contributed by atoms with E-state index >= 15 is 0 Å². The first-order valence-corrected chi connectivity index (χ1v) is 3.04. The van der Waals surface area contributed by atoms with Gasteiger partial charge in [-0.25, -0.2) is 0 Å². The van der Waals surface area contributed by atoms with Crippen LogP contribution in [0.5, 0.6) is 0 Å². The molecule has 0 bridgehead atoms. The molecule has 0 aliphatic rings. The molecule has 0 N–H and O–H groups in total. The molecule has 0 saturated heterocycles. The van der Waals surface area contributed by atoms with Gasteiger partial charge in [-0.15, -0.1) is 11.3 Å². The lowest BCUT2D eigenvalue weighted by Gasteiger charge is -1.68. The Balaban J connectivity index is 3.04. The predicted molar refractivity (Wildman–Crippen MR) is 34.7 cm³/mol. The van der Waals surface area contributed by atoms with Crippen molar-refractivity contribution in [3.05, 3.63) is 15.8 Å². The fraction of sp³-hybridized carbons (Fsp3) is 0. The van der Waals surface area contributed by atoms with Crippen LogP contribution in [0.4, 0.5) is 0 Å². The Hall–Kier alpha value is 0.0549. The number of hydrogen-bond acceptors (Lipinski definition) is 1. The first kappa shape index (κ1) is 5.20. The quantitative estimate of drug-likeness (QED) is 0.461. The van der Waals surface area contributed by atoms with E-state index in [1.807, 2.05) is 5.38 Å². The van der Waals surface area contributed by atoms with Crippen molar-refractivity contribution in [2.45, 2.75) is 0 Å². The van der Waals surface area contributed by atoms with Crippen molar-refractivity contribution in [1.82, 2.24) is 0 Å². The largest absolute Gasteiger partial charge is 0.133 e. The highest BCUT2D eigenvalue weighted by Crippen LogP contribution is 2.11. The second-order valence-corrected chi connectivity index (χ2v) is 2.73. The van der Waals surface area contributed by atoms with Crippen LogP contribution in [0.2, 0.25) is 4.34 Å². The number of halogens is 1. The summed E-state index contributed by atoms with van der Waals surface area (Å²) in [6.45, 7) is 0. The highest BCUT2D eigenvalue weighted by Gasteiger charge is 1.86. The van der Waals surface area contributed by atoms with Crippen LogP contribution in [-0.2, 0) is 0 Å². The molecule has 0 aliphatic carbocycles. The molecule has 0 fully saturated rings. The second kappa shape index (κ2) is 1.89. The summed E-state index contributed by atoms with van der Waals surface area (Å²) in [6, 6.07) is 1.73. The smallest absolute Gasteiger partial charge is 0.115 e. The van der Waals surface area contributed by atoms with Crippen LogP contribution in [0, 0.1) is 0 Å². The van der Waals surface area contributed by atoms with Gasteiger partial charge in [-0.3, -0.25) is 0 Å². The van der Waals surface area contributed by atoms with Crippen molar-refractivity contribution in [3.8, 4) is 0 Å². The molecule has 3 heteroatoms. The van der Waals surface area contributed by atoms with Crippen LogP contribution < -0.4 is 5.46 Å². The summed E-state index contributed by atoms with van der Waals surface area (Å²) in [5.74, 6) is 0. The van der Waals surface area contributed by atoms with Crippen LogP contribution in [-0.4, -0.2) is 7.85 Å². The normalized spacial score (nSPS) is 9.29. The molecule has 34 valence electrons. The summed E-state index contributed by atoms with van der Waals surface area (Å²) < 4.78 is 0.748. The third kappa shape index (κ3) is 1.21. The van der Waals surface area contributed by atoms with Gasteiger partial charge in [-0.2, -0.15) is 0 Å². The molecular formula is C4H2BClS. The van der Waals surface area contributed by atoms with Gasteiger partial charge in [0, 0.05) is 0 Å². The number of thiophene rings is 1. The van der Waals surface area contributed by atoms with Gasteiger partial charge in [-0.05, 0) is 11.4 Å². The Morgan fingerprint density at radius 1 is 1.71 bits per heavy atom. The van der Waals surface area contributed by atoms with Crippen molar-refractivity contribution in [1.29, 1.82) is 0 Å². The van der Waals surface area contributed by atoms with Crippen LogP contribution in [0.15, 0.2) is 11.4 Å². The van der Waals surface area contributed by atoms with Crippen molar-refractivity contribution in [2.24, 2.45) is 0 Å². The maximum Gasteiger partial charge on any atom is 0.115 e. The summed E-state index contributed by atoms with van der Waals surface area (Å²) in [7, 11) is 5.30. The third-order valence-corrected chi connectivity index (χ3v) is 1.70. The zero-order chi connectivity index (χ0) is 5.28. The van der Waals surface area contributed by atoms with E-state index in [2.05, 4.69) is 0 Å². The molecule has 1 aromatic heterocycles. The van der Waals surface area contributed by atoms with E-state index in [0.717, 1.165) is 9.80 Å². The van der Waals surface area contributed by atoms with Crippen LogP contribution in [0.25, 0.3) is 0 Å². The molecule has 2 radical (unpaired) electrons. The molecule has 1 heterocycles. The van der Waals surface area contributed by atoms with E-state index in [-0.39, 0.29) is 0 Å². The number of hydrogen-bond donors (Lipinski definition) is 0. The van der Waals surface area contributed by atoms with Crippen molar-refractivity contribution < 1.29 is 0 Å². The minimum atomic E-state index is 0.745.